The first-order valence-electron chi connectivity index (χ1n) is 12.4. The molecule has 0 bridgehead atoms. The van der Waals surface area contributed by atoms with Crippen LogP contribution in [0.4, 0.5) is 13.2 Å². The SMILES string of the molecule is N#CCCCS/C(=N\S(=O)(=O)c1ccc(OC(F)(F)F)cc1)N1CCC(c2ccccc2)C(c2ccc(Cl)cc2)=N1. The summed E-state index contributed by atoms with van der Waals surface area (Å²) in [6.07, 6.45) is -3.52. The molecule has 0 spiro atoms. The lowest BCUT2D eigenvalue weighted by Gasteiger charge is -2.31. The van der Waals surface area contributed by atoms with Crippen molar-refractivity contribution in [3.05, 3.63) is 95.0 Å². The molecule has 7 nitrogen and oxygen atoms in total. The predicted octanol–water partition coefficient (Wildman–Crippen LogP) is 7.21. The number of rotatable bonds is 8. The van der Waals surface area contributed by atoms with Crippen LogP contribution in [0.1, 0.15) is 36.3 Å². The summed E-state index contributed by atoms with van der Waals surface area (Å²) in [7, 11) is -4.33. The third-order valence-corrected chi connectivity index (χ3v) is 8.67. The van der Waals surface area contributed by atoms with E-state index in [9.17, 15) is 21.6 Å². The summed E-state index contributed by atoms with van der Waals surface area (Å²) < 4.78 is 71.9. The molecule has 3 aromatic carbocycles. The van der Waals surface area contributed by atoms with E-state index < -0.39 is 22.1 Å². The third-order valence-electron chi connectivity index (χ3n) is 5.97. The van der Waals surface area contributed by atoms with Crippen molar-refractivity contribution in [2.24, 2.45) is 9.50 Å². The van der Waals surface area contributed by atoms with Crippen molar-refractivity contribution in [2.45, 2.75) is 36.4 Å². The van der Waals surface area contributed by atoms with E-state index in [0.717, 1.165) is 47.2 Å². The molecule has 0 fully saturated rings. The Balaban J connectivity index is 1.72. The van der Waals surface area contributed by atoms with E-state index in [1.165, 1.54) is 5.01 Å². The predicted molar refractivity (Wildman–Crippen MR) is 154 cm³/mol. The van der Waals surface area contributed by atoms with Gasteiger partial charge in [-0.15, -0.1) is 17.6 Å². The van der Waals surface area contributed by atoms with Gasteiger partial charge >= 0.3 is 6.36 Å². The Kier molecular flexibility index (Phi) is 9.96. The summed E-state index contributed by atoms with van der Waals surface area (Å²) in [4.78, 5) is -0.303. The first kappa shape index (κ1) is 30.4. The molecule has 41 heavy (non-hydrogen) atoms. The molecule has 1 aliphatic rings. The molecule has 4 rings (SSSR count). The molecule has 0 saturated carbocycles. The van der Waals surface area contributed by atoms with Crippen LogP contribution in [0, 0.1) is 11.3 Å². The summed E-state index contributed by atoms with van der Waals surface area (Å²) >= 11 is 7.25. The average molecular weight is 621 g/mol. The van der Waals surface area contributed by atoms with Crippen molar-refractivity contribution < 1.29 is 26.3 Å². The van der Waals surface area contributed by atoms with E-state index in [2.05, 4.69) is 15.2 Å². The summed E-state index contributed by atoms with van der Waals surface area (Å²) in [5.74, 6) is -0.215. The Labute approximate surface area is 245 Å². The molecule has 0 aliphatic carbocycles. The molecule has 1 heterocycles. The van der Waals surface area contributed by atoms with Gasteiger partial charge in [-0.25, -0.2) is 5.01 Å². The maximum Gasteiger partial charge on any atom is 0.573 e. The molecular weight excluding hydrogens is 597 g/mol. The number of amidine groups is 1. The largest absolute Gasteiger partial charge is 0.573 e. The first-order valence-corrected chi connectivity index (χ1v) is 15.2. The van der Waals surface area contributed by atoms with Gasteiger partial charge in [0.1, 0.15) is 5.75 Å². The molecule has 1 unspecified atom stereocenters. The number of thioether (sulfide) groups is 1. The number of nitriles is 1. The quantitative estimate of drug-likeness (QED) is 0.150. The smallest absolute Gasteiger partial charge is 0.406 e. The fourth-order valence-electron chi connectivity index (χ4n) is 4.10. The summed E-state index contributed by atoms with van der Waals surface area (Å²) in [6, 6.07) is 22.9. The number of benzene rings is 3. The molecule has 0 radical (unpaired) electrons. The van der Waals surface area contributed by atoms with Gasteiger partial charge < -0.3 is 4.74 Å². The van der Waals surface area contributed by atoms with Gasteiger partial charge in [0.2, 0.25) is 0 Å². The molecule has 0 saturated heterocycles. The van der Waals surface area contributed by atoms with Crippen LogP contribution in [0.25, 0.3) is 0 Å². The van der Waals surface area contributed by atoms with Gasteiger partial charge in [0, 0.05) is 29.7 Å². The monoisotopic (exact) mass is 620 g/mol. The van der Waals surface area contributed by atoms with Crippen molar-refractivity contribution in [1.29, 1.82) is 5.26 Å². The number of halogens is 4. The van der Waals surface area contributed by atoms with Crippen LogP contribution in [0.15, 0.2) is 93.3 Å². The van der Waals surface area contributed by atoms with Crippen molar-refractivity contribution in [3.8, 4) is 11.8 Å². The summed E-state index contributed by atoms with van der Waals surface area (Å²) in [6.45, 7) is 0.356. The fraction of sp³-hybridized carbons (Fsp3) is 0.250. The molecular formula is C28H24ClF3N4O3S2. The zero-order valence-electron chi connectivity index (χ0n) is 21.5. The lowest BCUT2D eigenvalue weighted by molar-refractivity contribution is -0.274. The van der Waals surface area contributed by atoms with Crippen molar-refractivity contribution in [1.82, 2.24) is 5.01 Å². The minimum absolute atomic E-state index is 0.0729. The standard InChI is InChI=1S/C28H24ClF3N4O3S2/c29-22-10-8-21(9-11-22)26-25(20-6-2-1-3-7-20)16-18-36(34-26)27(40-19-5-4-17-33)35-41(37,38)24-14-12-23(13-15-24)39-28(30,31)32/h1-3,6-15,25H,4-5,16,18-19H2/b35-27-. The zero-order chi connectivity index (χ0) is 29.5. The lowest BCUT2D eigenvalue weighted by atomic mass is 9.86. The van der Waals surface area contributed by atoms with Gasteiger partial charge in [-0.05, 0) is 60.4 Å². The van der Waals surface area contributed by atoms with Gasteiger partial charge in [0.25, 0.3) is 10.0 Å². The number of hydrogen-bond donors (Lipinski definition) is 0. The van der Waals surface area contributed by atoms with Gasteiger partial charge in [-0.1, -0.05) is 65.8 Å². The van der Waals surface area contributed by atoms with Crippen LogP contribution >= 0.6 is 23.4 Å². The maximum atomic E-state index is 13.2. The normalized spacial score (nSPS) is 16.2. The van der Waals surface area contributed by atoms with E-state index in [1.807, 2.05) is 42.5 Å². The number of alkyl halides is 3. The lowest BCUT2D eigenvalue weighted by Crippen LogP contribution is -2.35. The minimum Gasteiger partial charge on any atom is -0.406 e. The number of sulfonamides is 1. The van der Waals surface area contributed by atoms with E-state index >= 15 is 0 Å². The Morgan fingerprint density at radius 3 is 2.41 bits per heavy atom. The molecule has 214 valence electrons. The fourth-order valence-corrected chi connectivity index (χ4v) is 6.37. The Morgan fingerprint density at radius 1 is 1.10 bits per heavy atom. The van der Waals surface area contributed by atoms with Crippen molar-refractivity contribution >= 4 is 44.3 Å². The highest BCUT2D eigenvalue weighted by Crippen LogP contribution is 2.32. The van der Waals surface area contributed by atoms with Crippen LogP contribution in [0.5, 0.6) is 5.75 Å². The topological polar surface area (TPSA) is 95.1 Å². The highest BCUT2D eigenvalue weighted by molar-refractivity contribution is 8.14. The molecule has 0 amide bonds. The molecule has 3 aromatic rings. The van der Waals surface area contributed by atoms with Crippen molar-refractivity contribution in [3.63, 3.8) is 0 Å². The Morgan fingerprint density at radius 2 is 1.78 bits per heavy atom. The number of hydrazone groups is 1. The Bertz CT molecular complexity index is 1540. The number of nitrogens with zero attached hydrogens (tertiary/aromatic N) is 4. The van der Waals surface area contributed by atoms with E-state index in [0.29, 0.717) is 35.9 Å². The van der Waals surface area contributed by atoms with Crippen LogP contribution in [-0.4, -0.2) is 43.0 Å². The van der Waals surface area contributed by atoms with E-state index in [1.54, 1.807) is 12.1 Å². The maximum absolute atomic E-state index is 13.2. The van der Waals surface area contributed by atoms with Gasteiger partial charge in [0.15, 0.2) is 5.17 Å². The summed E-state index contributed by atoms with van der Waals surface area (Å²) in [5.41, 5.74) is 2.56. The molecule has 13 heteroatoms. The molecule has 1 atom stereocenters. The number of hydrogen-bond acceptors (Lipinski definition) is 6. The summed E-state index contributed by atoms with van der Waals surface area (Å²) in [5, 5.41) is 16.0. The average Bonchev–Trinajstić information content (AvgIpc) is 2.95. The van der Waals surface area contributed by atoms with Crippen LogP contribution in [-0.2, 0) is 10.0 Å². The second-order valence-corrected chi connectivity index (χ2v) is 11.9. The minimum atomic E-state index is -4.91. The first-order chi connectivity index (χ1) is 19.6. The Hall–Kier alpha value is -3.53. The second kappa shape index (κ2) is 13.4. The van der Waals surface area contributed by atoms with Gasteiger partial charge in [-0.3, -0.25) is 0 Å². The second-order valence-electron chi connectivity index (χ2n) is 8.85. The van der Waals surface area contributed by atoms with E-state index in [-0.39, 0.29) is 22.4 Å². The number of unbranched alkanes of at least 4 members (excludes halogenated alkanes) is 1. The van der Waals surface area contributed by atoms with Crippen molar-refractivity contribution in [2.75, 3.05) is 12.3 Å². The number of ether oxygens (including phenoxy) is 1. The molecule has 0 aromatic heterocycles. The highest BCUT2D eigenvalue weighted by Gasteiger charge is 2.32. The van der Waals surface area contributed by atoms with Crippen LogP contribution in [0.3, 0.4) is 0 Å². The van der Waals surface area contributed by atoms with Crippen LogP contribution in [0.2, 0.25) is 5.02 Å². The highest BCUT2D eigenvalue weighted by atomic mass is 35.5. The van der Waals surface area contributed by atoms with E-state index in [4.69, 9.17) is 22.0 Å². The third kappa shape index (κ3) is 8.48. The van der Waals surface area contributed by atoms with Gasteiger partial charge in [0.05, 0.1) is 16.7 Å². The van der Waals surface area contributed by atoms with Crippen LogP contribution < -0.4 is 4.74 Å². The van der Waals surface area contributed by atoms with Gasteiger partial charge in [-0.2, -0.15) is 18.8 Å². The molecule has 1 aliphatic heterocycles. The molecule has 0 N–H and O–H groups in total. The zero-order valence-corrected chi connectivity index (χ0v) is 23.8.